The van der Waals surface area contributed by atoms with Gasteiger partial charge in [-0.05, 0) is 19.1 Å². The van der Waals surface area contributed by atoms with E-state index in [1.165, 1.54) is 5.56 Å². The molecule has 0 unspecified atom stereocenters. The van der Waals surface area contributed by atoms with Crippen LogP contribution >= 0.6 is 11.3 Å². The monoisotopic (exact) mass is 252 g/mol. The topological polar surface area (TPSA) is 25.8 Å². The molecule has 0 radical (unpaired) electrons. The van der Waals surface area contributed by atoms with Crippen molar-refractivity contribution >= 4 is 11.3 Å². The molecule has 3 heteroatoms. The third-order valence-corrected chi connectivity index (χ3v) is 3.62. The highest BCUT2D eigenvalue weighted by atomic mass is 32.1. The van der Waals surface area contributed by atoms with Gasteiger partial charge in [-0.2, -0.15) is 0 Å². The molecule has 2 heterocycles. The molecular weight excluding hydrogens is 240 g/mol. The quantitative estimate of drug-likeness (QED) is 0.683. The third-order valence-electron chi connectivity index (χ3n) is 2.73. The SMILES string of the molecule is Cc1ccc(-c2nc(-c3ccccn3)cs2)cc1. The van der Waals surface area contributed by atoms with Crippen LogP contribution in [0.15, 0.2) is 54.0 Å². The lowest BCUT2D eigenvalue weighted by molar-refractivity contribution is 1.28. The molecule has 0 bridgehead atoms. The van der Waals surface area contributed by atoms with Crippen molar-refractivity contribution in [2.24, 2.45) is 0 Å². The number of hydrogen-bond acceptors (Lipinski definition) is 3. The van der Waals surface area contributed by atoms with Gasteiger partial charge in [-0.1, -0.05) is 35.9 Å². The number of aryl methyl sites for hydroxylation is 1. The van der Waals surface area contributed by atoms with Crippen LogP contribution in [-0.2, 0) is 0 Å². The summed E-state index contributed by atoms with van der Waals surface area (Å²) >= 11 is 1.65. The molecular formula is C15H12N2S. The maximum atomic E-state index is 4.64. The van der Waals surface area contributed by atoms with Gasteiger partial charge in [0.1, 0.15) is 10.7 Å². The highest BCUT2D eigenvalue weighted by Gasteiger charge is 2.06. The van der Waals surface area contributed by atoms with E-state index in [2.05, 4.69) is 46.5 Å². The molecule has 0 aliphatic rings. The molecule has 0 saturated heterocycles. The highest BCUT2D eigenvalue weighted by molar-refractivity contribution is 7.13. The fourth-order valence-electron chi connectivity index (χ4n) is 1.73. The lowest BCUT2D eigenvalue weighted by Crippen LogP contribution is -1.82. The molecule has 0 saturated carbocycles. The predicted octanol–water partition coefficient (Wildman–Crippen LogP) is 4.18. The Morgan fingerprint density at radius 2 is 1.78 bits per heavy atom. The summed E-state index contributed by atoms with van der Waals surface area (Å²) in [5.41, 5.74) is 4.29. The molecule has 2 nitrogen and oxygen atoms in total. The molecule has 3 aromatic rings. The van der Waals surface area contributed by atoms with Crippen molar-refractivity contribution in [2.75, 3.05) is 0 Å². The number of pyridine rings is 1. The summed E-state index contributed by atoms with van der Waals surface area (Å²) in [6, 6.07) is 14.3. The first kappa shape index (κ1) is 11.1. The Bertz CT molecular complexity index is 642. The number of rotatable bonds is 2. The van der Waals surface area contributed by atoms with E-state index in [9.17, 15) is 0 Å². The van der Waals surface area contributed by atoms with Gasteiger partial charge in [0.2, 0.25) is 0 Å². The van der Waals surface area contributed by atoms with Crippen molar-refractivity contribution in [2.45, 2.75) is 6.92 Å². The minimum Gasteiger partial charge on any atom is -0.255 e. The number of benzene rings is 1. The van der Waals surface area contributed by atoms with E-state index in [4.69, 9.17) is 0 Å². The van der Waals surface area contributed by atoms with Crippen molar-refractivity contribution in [3.8, 4) is 22.0 Å². The van der Waals surface area contributed by atoms with Crippen LogP contribution in [0.1, 0.15) is 5.56 Å². The first-order chi connectivity index (χ1) is 8.83. The smallest absolute Gasteiger partial charge is 0.124 e. The van der Waals surface area contributed by atoms with Crippen LogP contribution in [0.5, 0.6) is 0 Å². The molecule has 2 aromatic heterocycles. The second-order valence-corrected chi connectivity index (χ2v) is 4.98. The normalized spacial score (nSPS) is 10.5. The lowest BCUT2D eigenvalue weighted by atomic mass is 10.2. The van der Waals surface area contributed by atoms with Crippen LogP contribution in [-0.4, -0.2) is 9.97 Å². The van der Waals surface area contributed by atoms with Crippen LogP contribution in [0.2, 0.25) is 0 Å². The average Bonchev–Trinajstić information content (AvgIpc) is 2.90. The van der Waals surface area contributed by atoms with Crippen LogP contribution in [0.3, 0.4) is 0 Å². The van der Waals surface area contributed by atoms with Gasteiger partial charge in [-0.15, -0.1) is 11.3 Å². The summed E-state index contributed by atoms with van der Waals surface area (Å²) in [5.74, 6) is 0. The van der Waals surface area contributed by atoms with Crippen LogP contribution in [0.4, 0.5) is 0 Å². The van der Waals surface area contributed by atoms with Crippen LogP contribution < -0.4 is 0 Å². The van der Waals surface area contributed by atoms with E-state index in [1.54, 1.807) is 17.5 Å². The van der Waals surface area contributed by atoms with Crippen molar-refractivity contribution < 1.29 is 0 Å². The fraction of sp³-hybridized carbons (Fsp3) is 0.0667. The van der Waals surface area contributed by atoms with Crippen molar-refractivity contribution in [3.05, 3.63) is 59.6 Å². The molecule has 3 rings (SSSR count). The predicted molar refractivity (Wildman–Crippen MR) is 75.5 cm³/mol. The summed E-state index contributed by atoms with van der Waals surface area (Å²) < 4.78 is 0. The molecule has 0 aliphatic heterocycles. The zero-order valence-electron chi connectivity index (χ0n) is 10.00. The van der Waals surface area contributed by atoms with Crippen molar-refractivity contribution in [1.29, 1.82) is 0 Å². The molecule has 0 atom stereocenters. The van der Waals surface area contributed by atoms with Gasteiger partial charge < -0.3 is 0 Å². The van der Waals surface area contributed by atoms with Gasteiger partial charge in [-0.3, -0.25) is 4.98 Å². The molecule has 0 fully saturated rings. The molecule has 0 spiro atoms. The van der Waals surface area contributed by atoms with Gasteiger partial charge in [0.25, 0.3) is 0 Å². The summed E-state index contributed by atoms with van der Waals surface area (Å²) in [4.78, 5) is 8.95. The van der Waals surface area contributed by atoms with Crippen molar-refractivity contribution in [3.63, 3.8) is 0 Å². The van der Waals surface area contributed by atoms with E-state index in [0.29, 0.717) is 0 Å². The van der Waals surface area contributed by atoms with Crippen LogP contribution in [0.25, 0.3) is 22.0 Å². The fourth-order valence-corrected chi connectivity index (χ4v) is 2.55. The summed E-state index contributed by atoms with van der Waals surface area (Å²) in [5, 5.41) is 3.09. The largest absolute Gasteiger partial charge is 0.255 e. The lowest BCUT2D eigenvalue weighted by Gasteiger charge is -1.97. The molecule has 0 amide bonds. The maximum absolute atomic E-state index is 4.64. The third kappa shape index (κ3) is 2.17. The van der Waals surface area contributed by atoms with Crippen molar-refractivity contribution in [1.82, 2.24) is 9.97 Å². The second kappa shape index (κ2) is 4.70. The average molecular weight is 252 g/mol. The standard InChI is InChI=1S/C15H12N2S/c1-11-5-7-12(8-6-11)15-17-14(10-18-15)13-4-2-3-9-16-13/h2-10H,1H3. The zero-order valence-corrected chi connectivity index (χ0v) is 10.8. The summed E-state index contributed by atoms with van der Waals surface area (Å²) in [7, 11) is 0. The second-order valence-electron chi connectivity index (χ2n) is 4.12. The van der Waals surface area contributed by atoms with E-state index in [0.717, 1.165) is 22.0 Å². The number of thiazole rings is 1. The molecule has 18 heavy (non-hydrogen) atoms. The Balaban J connectivity index is 1.97. The Hall–Kier alpha value is -2.00. The maximum Gasteiger partial charge on any atom is 0.124 e. The molecule has 88 valence electrons. The first-order valence-corrected chi connectivity index (χ1v) is 6.65. The van der Waals surface area contributed by atoms with E-state index < -0.39 is 0 Å². The van der Waals surface area contributed by atoms with E-state index in [-0.39, 0.29) is 0 Å². The van der Waals surface area contributed by atoms with Crippen LogP contribution in [0, 0.1) is 6.92 Å². The van der Waals surface area contributed by atoms with Gasteiger partial charge >= 0.3 is 0 Å². The molecule has 1 aromatic carbocycles. The Labute approximate surface area is 110 Å². The van der Waals surface area contributed by atoms with E-state index >= 15 is 0 Å². The minimum atomic E-state index is 0.923. The Morgan fingerprint density at radius 1 is 0.944 bits per heavy atom. The minimum absolute atomic E-state index is 0.923. The Morgan fingerprint density at radius 3 is 2.50 bits per heavy atom. The number of aromatic nitrogens is 2. The number of hydrogen-bond donors (Lipinski definition) is 0. The van der Waals surface area contributed by atoms with E-state index in [1.807, 2.05) is 18.2 Å². The highest BCUT2D eigenvalue weighted by Crippen LogP contribution is 2.27. The van der Waals surface area contributed by atoms with Gasteiger partial charge in [-0.25, -0.2) is 4.98 Å². The van der Waals surface area contributed by atoms with Gasteiger partial charge in [0, 0.05) is 17.1 Å². The molecule has 0 aliphatic carbocycles. The van der Waals surface area contributed by atoms with Gasteiger partial charge in [0.15, 0.2) is 0 Å². The zero-order chi connectivity index (χ0) is 12.4. The number of nitrogens with zero attached hydrogens (tertiary/aromatic N) is 2. The molecule has 0 N–H and O–H groups in total. The summed E-state index contributed by atoms with van der Waals surface area (Å²) in [6.07, 6.45) is 1.79. The van der Waals surface area contributed by atoms with Gasteiger partial charge in [0.05, 0.1) is 5.69 Å². The Kier molecular flexibility index (Phi) is 2.90. The summed E-state index contributed by atoms with van der Waals surface area (Å²) in [6.45, 7) is 2.09. The first-order valence-electron chi connectivity index (χ1n) is 5.77.